The quantitative estimate of drug-likeness (QED) is 0.189. The third-order valence-corrected chi connectivity index (χ3v) is 4.51. The maximum atomic E-state index is 12.0. The largest absolute Gasteiger partial charge is 1.00 e. The van der Waals surface area contributed by atoms with E-state index in [1.165, 1.54) is 4.90 Å². The van der Waals surface area contributed by atoms with Crippen molar-refractivity contribution in [2.45, 2.75) is 46.1 Å². The number of β-lactam (4-membered cyclic amide) rings is 1. The Kier molecular flexibility index (Phi) is 18.7. The Bertz CT molecular complexity index is 756. The van der Waals surface area contributed by atoms with Gasteiger partial charge < -0.3 is 25.0 Å². The van der Waals surface area contributed by atoms with E-state index in [-0.39, 0.29) is 160 Å². The van der Waals surface area contributed by atoms with Gasteiger partial charge in [0.1, 0.15) is 0 Å². The molecule has 1 aromatic carbocycles. The van der Waals surface area contributed by atoms with Crippen molar-refractivity contribution < 1.29 is 140 Å². The smallest absolute Gasteiger partial charge is 0.653 e. The molecule has 1 aromatic rings. The van der Waals surface area contributed by atoms with Crippen molar-refractivity contribution in [1.82, 2.24) is 4.90 Å². The molecule has 0 radical (unpaired) electrons. The number of ether oxygens (including phenoxy) is 1. The van der Waals surface area contributed by atoms with Gasteiger partial charge in [0.2, 0.25) is 11.8 Å². The maximum Gasteiger partial charge on any atom is 1.00 e. The zero-order valence-corrected chi connectivity index (χ0v) is 29.5. The number of carbonyl (C=O) groups excluding carboxylic acids is 4. The molecular formula is C22H29N3O5Rb2. The third kappa shape index (κ3) is 13.1. The summed E-state index contributed by atoms with van der Waals surface area (Å²) in [6.45, 7) is 5.33. The summed E-state index contributed by atoms with van der Waals surface area (Å²) < 4.78 is 5.27. The first-order chi connectivity index (χ1) is 14.3. The molecule has 0 aromatic heterocycles. The van der Waals surface area contributed by atoms with Crippen LogP contribution in [-0.4, -0.2) is 54.8 Å². The van der Waals surface area contributed by atoms with E-state index in [9.17, 15) is 19.2 Å². The number of likely N-dealkylation sites (tertiary alicyclic amines) is 1. The molecule has 1 heterocycles. The minimum Gasteiger partial charge on any atom is -0.653 e. The molecule has 1 aliphatic heterocycles. The molecule has 10 heteroatoms. The summed E-state index contributed by atoms with van der Waals surface area (Å²) in [4.78, 5) is 47.7. The normalized spacial score (nSPS) is 12.3. The van der Waals surface area contributed by atoms with Crippen LogP contribution < -0.4 is 116 Å². The van der Waals surface area contributed by atoms with Crippen LogP contribution in [0.3, 0.4) is 0 Å². The molecule has 0 saturated carbocycles. The van der Waals surface area contributed by atoms with Crippen LogP contribution in [0.4, 0.5) is 0 Å². The molecule has 2 rings (SSSR count). The van der Waals surface area contributed by atoms with Gasteiger partial charge in [-0.3, -0.25) is 14.5 Å². The number of benzene rings is 1. The van der Waals surface area contributed by atoms with Gasteiger partial charge in [0.15, 0.2) is 0 Å². The topological polar surface area (TPSA) is 109 Å². The zero-order valence-electron chi connectivity index (χ0n) is 19.6. The van der Waals surface area contributed by atoms with Crippen molar-refractivity contribution in [2.75, 3.05) is 26.3 Å². The summed E-state index contributed by atoms with van der Waals surface area (Å²) in [7, 11) is 0. The van der Waals surface area contributed by atoms with E-state index in [1.54, 1.807) is 12.1 Å². The molecule has 0 bridgehead atoms. The summed E-state index contributed by atoms with van der Waals surface area (Å²) in [5.74, 6) is -0.455. The number of imide groups is 1. The molecule has 1 fully saturated rings. The average molecular weight is 586 g/mol. The minimum atomic E-state index is -0.349. The van der Waals surface area contributed by atoms with Crippen molar-refractivity contribution >= 4 is 23.6 Å². The van der Waals surface area contributed by atoms with Crippen molar-refractivity contribution in [3.8, 4) is 0 Å². The Morgan fingerprint density at radius 1 is 1.03 bits per heavy atom. The van der Waals surface area contributed by atoms with E-state index in [0.717, 1.165) is 11.1 Å². The predicted octanol–water partition coefficient (Wildman–Crippen LogP) is -3.25. The van der Waals surface area contributed by atoms with E-state index < -0.39 is 0 Å². The average Bonchev–Trinajstić information content (AvgIpc) is 2.68. The van der Waals surface area contributed by atoms with Crippen molar-refractivity contribution in [3.05, 3.63) is 46.0 Å². The van der Waals surface area contributed by atoms with E-state index in [2.05, 4.69) is 10.6 Å². The van der Waals surface area contributed by atoms with E-state index in [1.807, 2.05) is 26.0 Å². The van der Waals surface area contributed by atoms with Gasteiger partial charge >= 0.3 is 116 Å². The van der Waals surface area contributed by atoms with Crippen LogP contribution in [0.25, 0.3) is 10.6 Å². The molecule has 164 valence electrons. The molecule has 4 amide bonds. The van der Waals surface area contributed by atoms with E-state index in [4.69, 9.17) is 4.74 Å². The summed E-state index contributed by atoms with van der Waals surface area (Å²) in [5, 5.41) is 7.90. The maximum absolute atomic E-state index is 12.0. The second-order valence-corrected chi connectivity index (χ2v) is 7.67. The SMILES string of the molecule is CC(C)CC(=O)[N-]CCCOCC(=O)[N-]Cc1ccc(CC(=O)N2CCC2=O)cc1.[Rb+].[Rb+]. The standard InChI is InChI=1S/C22H31N3O5.2Rb/c1-16(2)12-19(26)23-9-3-11-30-15-20(27)24-14-18-6-4-17(5-7-18)13-22(29)25-10-8-21(25)28;;/h4-7,16H,3,8-15H2,1-2H3,(H2,23,24,26,27);;/q;2*+1/p-2. The van der Waals surface area contributed by atoms with E-state index in [0.29, 0.717) is 44.9 Å². The molecule has 0 N–H and O–H groups in total. The van der Waals surface area contributed by atoms with Crippen LogP contribution in [0.15, 0.2) is 24.3 Å². The fourth-order valence-electron chi connectivity index (χ4n) is 2.78. The number of amides is 4. The van der Waals surface area contributed by atoms with Gasteiger partial charge in [0.05, 0.1) is 24.8 Å². The number of nitrogens with zero attached hydrogens (tertiary/aromatic N) is 3. The molecule has 32 heavy (non-hydrogen) atoms. The minimum absolute atomic E-state index is 0. The summed E-state index contributed by atoms with van der Waals surface area (Å²) in [6, 6.07) is 7.23. The third-order valence-electron chi connectivity index (χ3n) is 4.51. The fourth-order valence-corrected chi connectivity index (χ4v) is 2.78. The number of hydrogen-bond donors (Lipinski definition) is 0. The Morgan fingerprint density at radius 3 is 2.25 bits per heavy atom. The van der Waals surface area contributed by atoms with Gasteiger partial charge in [-0.25, -0.2) is 0 Å². The van der Waals surface area contributed by atoms with Crippen molar-refractivity contribution in [2.24, 2.45) is 5.92 Å². The Hall–Kier alpha value is 0.870. The van der Waals surface area contributed by atoms with Gasteiger partial charge in [0, 0.05) is 19.6 Å². The molecule has 0 unspecified atom stereocenters. The number of rotatable bonds is 12. The van der Waals surface area contributed by atoms with Gasteiger partial charge in [-0.2, -0.15) is 0 Å². The number of hydrogen-bond acceptors (Lipinski definition) is 5. The second kappa shape index (κ2) is 18.2. The molecule has 0 atom stereocenters. The first-order valence-corrected chi connectivity index (χ1v) is 10.2. The van der Waals surface area contributed by atoms with Gasteiger partial charge in [0.25, 0.3) is 0 Å². The summed E-state index contributed by atoms with van der Waals surface area (Å²) in [6.07, 6.45) is 1.66. The van der Waals surface area contributed by atoms with Gasteiger partial charge in [-0.1, -0.05) is 43.7 Å². The van der Waals surface area contributed by atoms with Crippen LogP contribution in [0.1, 0.15) is 44.2 Å². The number of carbonyl (C=O) groups is 4. The van der Waals surface area contributed by atoms with Gasteiger partial charge in [-0.05, 0) is 24.3 Å². The molecule has 1 aliphatic rings. The van der Waals surface area contributed by atoms with Crippen LogP contribution in [-0.2, 0) is 36.9 Å². The summed E-state index contributed by atoms with van der Waals surface area (Å²) in [5.41, 5.74) is 1.66. The second-order valence-electron chi connectivity index (χ2n) is 7.67. The Balaban J connectivity index is 0.00000480. The van der Waals surface area contributed by atoms with E-state index >= 15 is 0 Å². The molecular weight excluding hydrogens is 557 g/mol. The van der Waals surface area contributed by atoms with Crippen LogP contribution in [0, 0.1) is 5.92 Å². The zero-order chi connectivity index (χ0) is 21.9. The Morgan fingerprint density at radius 2 is 1.69 bits per heavy atom. The first-order valence-electron chi connectivity index (χ1n) is 10.2. The Labute approximate surface area is 287 Å². The molecule has 0 aliphatic carbocycles. The fraction of sp³-hybridized carbons (Fsp3) is 0.545. The first kappa shape index (κ1) is 32.9. The van der Waals surface area contributed by atoms with Crippen LogP contribution in [0.2, 0.25) is 0 Å². The van der Waals surface area contributed by atoms with Crippen molar-refractivity contribution in [3.63, 3.8) is 0 Å². The summed E-state index contributed by atoms with van der Waals surface area (Å²) >= 11 is 0. The molecule has 0 spiro atoms. The van der Waals surface area contributed by atoms with Crippen LogP contribution >= 0.6 is 0 Å². The molecule has 8 nitrogen and oxygen atoms in total. The van der Waals surface area contributed by atoms with Crippen molar-refractivity contribution in [1.29, 1.82) is 0 Å². The predicted molar refractivity (Wildman–Crippen MR) is 112 cm³/mol. The monoisotopic (exact) mass is 585 g/mol. The van der Waals surface area contributed by atoms with Gasteiger partial charge in [-0.15, -0.1) is 13.1 Å². The van der Waals surface area contributed by atoms with Crippen LogP contribution in [0.5, 0.6) is 0 Å². The molecule has 1 saturated heterocycles.